The molecule has 0 bridgehead atoms. The second-order valence-electron chi connectivity index (χ2n) is 10.1. The van der Waals surface area contributed by atoms with Gasteiger partial charge in [0, 0.05) is 5.39 Å². The lowest BCUT2D eigenvalue weighted by Crippen LogP contribution is -2.15. The van der Waals surface area contributed by atoms with E-state index in [1.165, 1.54) is 37.9 Å². The van der Waals surface area contributed by atoms with Crippen molar-refractivity contribution in [1.29, 1.82) is 5.26 Å². The lowest BCUT2D eigenvalue weighted by Gasteiger charge is -2.33. The zero-order valence-electron chi connectivity index (χ0n) is 21.5. The summed E-state index contributed by atoms with van der Waals surface area (Å²) in [5, 5.41) is 16.4. The molecule has 0 N–H and O–H groups in total. The molecule has 1 aliphatic rings. The van der Waals surface area contributed by atoms with Crippen LogP contribution in [0.25, 0.3) is 43.4 Å². The standard InChI is InChI=1S/C37H22N2O/c38-23-24-15-17-25(18-16-24)30-9-5-7-26-19-29-22-32-27(20-28(29)21-31(26)30)8-6-12-33(32)39-34-10-1-3-13-36(34)40-37-14-4-2-11-35(37)39/h1-22H. The van der Waals surface area contributed by atoms with Gasteiger partial charge in [0.25, 0.3) is 0 Å². The van der Waals surface area contributed by atoms with Gasteiger partial charge in [0.1, 0.15) is 0 Å². The molecule has 3 heteroatoms. The van der Waals surface area contributed by atoms with Crippen molar-refractivity contribution in [3.8, 4) is 28.7 Å². The van der Waals surface area contributed by atoms with E-state index in [9.17, 15) is 5.26 Å². The SMILES string of the molecule is N#Cc1ccc(-c2cccc3cc4cc5c(N6c7ccccc7Oc7ccccc76)cccc5cc4cc23)cc1. The van der Waals surface area contributed by atoms with Crippen LogP contribution in [0.5, 0.6) is 11.5 Å². The Morgan fingerprint density at radius 2 is 1.07 bits per heavy atom. The van der Waals surface area contributed by atoms with Crippen LogP contribution in [0.3, 0.4) is 0 Å². The molecule has 0 saturated carbocycles. The summed E-state index contributed by atoms with van der Waals surface area (Å²) in [5.74, 6) is 1.70. The number of anilines is 3. The molecule has 0 amide bonds. The Morgan fingerprint density at radius 3 is 1.75 bits per heavy atom. The molecule has 1 heterocycles. The average molecular weight is 511 g/mol. The van der Waals surface area contributed by atoms with Crippen LogP contribution in [-0.2, 0) is 0 Å². The van der Waals surface area contributed by atoms with Gasteiger partial charge in [0.2, 0.25) is 0 Å². The highest BCUT2D eigenvalue weighted by molar-refractivity contribution is 6.11. The van der Waals surface area contributed by atoms with Crippen molar-refractivity contribution in [3.05, 3.63) is 139 Å². The largest absolute Gasteiger partial charge is 0.453 e. The lowest BCUT2D eigenvalue weighted by molar-refractivity contribution is 0.477. The first kappa shape index (κ1) is 22.4. The smallest absolute Gasteiger partial charge is 0.151 e. The molecule has 7 aromatic carbocycles. The first-order valence-corrected chi connectivity index (χ1v) is 13.3. The van der Waals surface area contributed by atoms with E-state index in [-0.39, 0.29) is 0 Å². The predicted molar refractivity (Wildman–Crippen MR) is 164 cm³/mol. The monoisotopic (exact) mass is 510 g/mol. The molecule has 186 valence electrons. The lowest BCUT2D eigenvalue weighted by atomic mass is 9.93. The Bertz CT molecular complexity index is 2110. The van der Waals surface area contributed by atoms with Gasteiger partial charge in [-0.1, -0.05) is 66.7 Å². The minimum absolute atomic E-state index is 0.669. The van der Waals surface area contributed by atoms with E-state index in [0.29, 0.717) is 5.56 Å². The third-order valence-corrected chi connectivity index (χ3v) is 7.81. The summed E-state index contributed by atoms with van der Waals surface area (Å²) in [6.45, 7) is 0. The molecule has 40 heavy (non-hydrogen) atoms. The van der Waals surface area contributed by atoms with E-state index < -0.39 is 0 Å². The van der Waals surface area contributed by atoms with Gasteiger partial charge in [0.15, 0.2) is 11.5 Å². The minimum Gasteiger partial charge on any atom is -0.453 e. The quantitative estimate of drug-likeness (QED) is 0.217. The minimum atomic E-state index is 0.669. The maximum absolute atomic E-state index is 9.22. The maximum Gasteiger partial charge on any atom is 0.151 e. The van der Waals surface area contributed by atoms with Crippen molar-refractivity contribution in [2.24, 2.45) is 0 Å². The zero-order valence-corrected chi connectivity index (χ0v) is 21.5. The van der Waals surface area contributed by atoms with Crippen LogP contribution in [0, 0.1) is 11.3 Å². The molecular formula is C37H22N2O. The molecule has 8 rings (SSSR count). The highest BCUT2D eigenvalue weighted by atomic mass is 16.5. The summed E-state index contributed by atoms with van der Waals surface area (Å²) in [5.41, 5.74) is 6.12. The number of benzene rings is 7. The number of rotatable bonds is 2. The van der Waals surface area contributed by atoms with Gasteiger partial charge in [-0.25, -0.2) is 0 Å². The molecule has 0 aromatic heterocycles. The van der Waals surface area contributed by atoms with Gasteiger partial charge in [-0.15, -0.1) is 0 Å². The summed E-state index contributed by atoms with van der Waals surface area (Å²) in [6.07, 6.45) is 0. The van der Waals surface area contributed by atoms with Crippen LogP contribution >= 0.6 is 0 Å². The molecule has 0 aliphatic carbocycles. The second-order valence-corrected chi connectivity index (χ2v) is 10.1. The Morgan fingerprint density at radius 1 is 0.500 bits per heavy atom. The highest BCUT2D eigenvalue weighted by Gasteiger charge is 2.26. The van der Waals surface area contributed by atoms with E-state index in [4.69, 9.17) is 4.74 Å². The fourth-order valence-corrected chi connectivity index (χ4v) is 5.92. The molecule has 0 radical (unpaired) electrons. The number of para-hydroxylation sites is 4. The Labute approximate surface area is 231 Å². The number of nitriles is 1. The molecule has 3 nitrogen and oxygen atoms in total. The molecule has 1 aliphatic heterocycles. The highest BCUT2D eigenvalue weighted by Crippen LogP contribution is 2.51. The molecule has 0 unspecified atom stereocenters. The number of hydrogen-bond donors (Lipinski definition) is 0. The zero-order chi connectivity index (χ0) is 26.6. The number of nitrogens with zero attached hydrogens (tertiary/aromatic N) is 2. The van der Waals surface area contributed by atoms with Crippen molar-refractivity contribution in [2.75, 3.05) is 4.90 Å². The van der Waals surface area contributed by atoms with Gasteiger partial charge < -0.3 is 9.64 Å². The van der Waals surface area contributed by atoms with E-state index >= 15 is 0 Å². The van der Waals surface area contributed by atoms with Crippen LogP contribution in [0.4, 0.5) is 17.1 Å². The molecule has 0 fully saturated rings. The molecule has 0 spiro atoms. The van der Waals surface area contributed by atoms with Crippen molar-refractivity contribution in [2.45, 2.75) is 0 Å². The van der Waals surface area contributed by atoms with Crippen LogP contribution < -0.4 is 9.64 Å². The Hall–Kier alpha value is -5.59. The van der Waals surface area contributed by atoms with Gasteiger partial charge in [-0.2, -0.15) is 5.26 Å². The first-order chi connectivity index (χ1) is 19.8. The summed E-state index contributed by atoms with van der Waals surface area (Å²) in [4.78, 5) is 2.31. The van der Waals surface area contributed by atoms with Crippen LogP contribution in [0.2, 0.25) is 0 Å². The van der Waals surface area contributed by atoms with Crippen LogP contribution in [0.15, 0.2) is 133 Å². The average Bonchev–Trinajstić information content (AvgIpc) is 3.01. The van der Waals surface area contributed by atoms with Gasteiger partial charge in [-0.3, -0.25) is 0 Å². The Kier molecular flexibility index (Phi) is 4.89. The fourth-order valence-electron chi connectivity index (χ4n) is 5.92. The summed E-state index contributed by atoms with van der Waals surface area (Å²) in [6, 6.07) is 48.6. The topological polar surface area (TPSA) is 36.3 Å². The number of ether oxygens (including phenoxy) is 1. The summed E-state index contributed by atoms with van der Waals surface area (Å²) in [7, 11) is 0. The first-order valence-electron chi connectivity index (χ1n) is 13.3. The van der Waals surface area contributed by atoms with Crippen LogP contribution in [-0.4, -0.2) is 0 Å². The van der Waals surface area contributed by atoms with Crippen molar-refractivity contribution in [1.82, 2.24) is 0 Å². The van der Waals surface area contributed by atoms with Gasteiger partial charge in [-0.05, 0) is 105 Å². The third kappa shape index (κ3) is 3.44. The number of fused-ring (bicyclic) bond motifs is 5. The van der Waals surface area contributed by atoms with Crippen molar-refractivity contribution >= 4 is 49.4 Å². The maximum atomic E-state index is 9.22. The van der Waals surface area contributed by atoms with E-state index in [0.717, 1.165) is 34.1 Å². The van der Waals surface area contributed by atoms with E-state index in [2.05, 4.69) is 95.9 Å². The second kappa shape index (κ2) is 8.73. The van der Waals surface area contributed by atoms with Gasteiger partial charge >= 0.3 is 0 Å². The normalized spacial score (nSPS) is 12.1. The molecule has 0 atom stereocenters. The molecular weight excluding hydrogens is 488 g/mol. The van der Waals surface area contributed by atoms with Crippen molar-refractivity contribution in [3.63, 3.8) is 0 Å². The molecule has 0 saturated heterocycles. The third-order valence-electron chi connectivity index (χ3n) is 7.81. The fraction of sp³-hybridized carbons (Fsp3) is 0. The van der Waals surface area contributed by atoms with Crippen molar-refractivity contribution < 1.29 is 4.74 Å². The van der Waals surface area contributed by atoms with E-state index in [1.54, 1.807) is 0 Å². The summed E-state index contributed by atoms with van der Waals surface area (Å²) < 4.78 is 6.26. The van der Waals surface area contributed by atoms with Gasteiger partial charge in [0.05, 0.1) is 28.7 Å². The Balaban J connectivity index is 1.35. The molecule has 7 aromatic rings. The van der Waals surface area contributed by atoms with Crippen LogP contribution in [0.1, 0.15) is 5.56 Å². The predicted octanol–water partition coefficient (Wildman–Crippen LogP) is 10.3. The number of hydrogen-bond acceptors (Lipinski definition) is 3. The van der Waals surface area contributed by atoms with E-state index in [1.807, 2.05) is 48.5 Å². The summed E-state index contributed by atoms with van der Waals surface area (Å²) >= 11 is 0.